The van der Waals surface area contributed by atoms with Gasteiger partial charge in [-0.25, -0.2) is 0 Å². The third kappa shape index (κ3) is 5.77. The molecule has 0 N–H and O–H groups in total. The molecule has 0 amide bonds. The lowest BCUT2D eigenvalue weighted by atomic mass is 10.2. The number of nitrogens with zero attached hydrogens (tertiary/aromatic N) is 2. The Bertz CT molecular complexity index is 1020. The number of benzene rings is 3. The second-order valence-corrected chi connectivity index (χ2v) is 8.34. The van der Waals surface area contributed by atoms with Crippen LogP contribution in [0.3, 0.4) is 0 Å². The van der Waals surface area contributed by atoms with Crippen molar-refractivity contribution in [1.82, 2.24) is 0 Å². The molecule has 1 fully saturated rings. The van der Waals surface area contributed by atoms with Gasteiger partial charge in [0.2, 0.25) is 0 Å². The van der Waals surface area contributed by atoms with Gasteiger partial charge in [0.25, 0.3) is 0 Å². The monoisotopic (exact) mass is 528 g/mol. The summed E-state index contributed by atoms with van der Waals surface area (Å²) in [6.07, 6.45) is 1.86. The van der Waals surface area contributed by atoms with Crippen LogP contribution in [0.2, 0.25) is 0 Å². The molecule has 1 heterocycles. The summed E-state index contributed by atoms with van der Waals surface area (Å²) < 4.78 is 18.0. The van der Waals surface area contributed by atoms with Crippen molar-refractivity contribution in [3.63, 3.8) is 0 Å². The normalized spacial score (nSPS) is 14.1. The molecule has 3 aromatic carbocycles. The number of methoxy groups -OCH3 is 1. The van der Waals surface area contributed by atoms with Crippen LogP contribution in [0.1, 0.15) is 11.1 Å². The molecular weight excluding hydrogens is 503 g/mol. The highest BCUT2D eigenvalue weighted by atomic mass is 127. The lowest BCUT2D eigenvalue weighted by Crippen LogP contribution is -2.36. The molecule has 5 nitrogen and oxygen atoms in total. The van der Waals surface area contributed by atoms with Gasteiger partial charge < -0.3 is 19.1 Å². The van der Waals surface area contributed by atoms with E-state index in [0.717, 1.165) is 52.4 Å². The smallest absolute Gasteiger partial charge is 0.174 e. The largest absolute Gasteiger partial charge is 0.493 e. The van der Waals surface area contributed by atoms with Crippen molar-refractivity contribution in [3.8, 4) is 11.5 Å². The average molecular weight is 528 g/mol. The second-order valence-electron chi connectivity index (χ2n) is 7.18. The highest BCUT2D eigenvalue weighted by Crippen LogP contribution is 2.34. The van der Waals surface area contributed by atoms with Crippen molar-refractivity contribution in [1.29, 1.82) is 0 Å². The molecule has 4 rings (SSSR count). The Kier molecular flexibility index (Phi) is 7.43. The maximum Gasteiger partial charge on any atom is 0.174 e. The Balaban J connectivity index is 1.45. The Morgan fingerprint density at radius 1 is 1.03 bits per heavy atom. The molecule has 0 radical (unpaired) electrons. The molecule has 1 saturated heterocycles. The predicted molar refractivity (Wildman–Crippen MR) is 133 cm³/mol. The fraction of sp³-hybridized carbons (Fsp3) is 0.240. The Morgan fingerprint density at radius 3 is 2.48 bits per heavy atom. The maximum absolute atomic E-state index is 6.04. The number of hydrogen-bond donors (Lipinski definition) is 0. The first-order chi connectivity index (χ1) is 15.2. The van der Waals surface area contributed by atoms with Gasteiger partial charge in [0, 0.05) is 25.0 Å². The molecule has 0 spiro atoms. The molecule has 0 unspecified atom stereocenters. The molecule has 160 valence electrons. The zero-order valence-electron chi connectivity index (χ0n) is 17.5. The summed E-state index contributed by atoms with van der Waals surface area (Å²) in [5.41, 5.74) is 4.20. The summed E-state index contributed by atoms with van der Waals surface area (Å²) in [5, 5.41) is 0. The van der Waals surface area contributed by atoms with E-state index in [1.54, 1.807) is 7.11 Å². The van der Waals surface area contributed by atoms with Crippen LogP contribution in [-0.2, 0) is 11.3 Å². The summed E-state index contributed by atoms with van der Waals surface area (Å²) in [5.74, 6) is 1.45. The first kappa shape index (κ1) is 21.6. The standard InChI is InChI=1S/C25H25IN2O3/c1-29-24-16-20(15-23(26)25(24)31-18-19-5-3-2-4-6-19)17-27-21-7-9-22(10-8-21)28-11-13-30-14-12-28/h2-10,15-17H,11-14,18H2,1H3. The molecule has 0 bridgehead atoms. The van der Waals surface area contributed by atoms with Gasteiger partial charge in [0.1, 0.15) is 6.61 Å². The third-order valence-corrected chi connectivity index (χ3v) is 5.87. The molecule has 6 heteroatoms. The van der Waals surface area contributed by atoms with Crippen LogP contribution in [0.25, 0.3) is 0 Å². The lowest BCUT2D eigenvalue weighted by Gasteiger charge is -2.28. The maximum atomic E-state index is 6.04. The highest BCUT2D eigenvalue weighted by Gasteiger charge is 2.12. The summed E-state index contributed by atoms with van der Waals surface area (Å²) in [6.45, 7) is 3.92. The van der Waals surface area contributed by atoms with E-state index in [1.807, 2.05) is 54.7 Å². The van der Waals surface area contributed by atoms with Crippen molar-refractivity contribution in [2.45, 2.75) is 6.61 Å². The summed E-state index contributed by atoms with van der Waals surface area (Å²) in [4.78, 5) is 6.97. The molecular formula is C25H25IN2O3. The zero-order valence-corrected chi connectivity index (χ0v) is 19.6. The molecule has 0 atom stereocenters. The summed E-state index contributed by atoms with van der Waals surface area (Å²) in [6, 6.07) is 22.4. The van der Waals surface area contributed by atoms with Crippen LogP contribution in [0.5, 0.6) is 11.5 Å². The number of halogens is 1. The molecule has 3 aromatic rings. The Hall–Kier alpha value is -2.58. The van der Waals surface area contributed by atoms with Gasteiger partial charge in [0.15, 0.2) is 11.5 Å². The van der Waals surface area contributed by atoms with Gasteiger partial charge in [-0.3, -0.25) is 4.99 Å². The van der Waals surface area contributed by atoms with E-state index in [9.17, 15) is 0 Å². The molecule has 0 aromatic heterocycles. The summed E-state index contributed by atoms with van der Waals surface area (Å²) in [7, 11) is 1.66. The number of morpholine rings is 1. The van der Waals surface area contributed by atoms with E-state index < -0.39 is 0 Å². The fourth-order valence-electron chi connectivity index (χ4n) is 3.40. The number of rotatable bonds is 7. The van der Waals surface area contributed by atoms with Crippen molar-refractivity contribution in [3.05, 3.63) is 81.4 Å². The van der Waals surface area contributed by atoms with Crippen molar-refractivity contribution >= 4 is 40.2 Å². The van der Waals surface area contributed by atoms with Crippen LogP contribution >= 0.6 is 22.6 Å². The van der Waals surface area contributed by atoms with Gasteiger partial charge in [-0.1, -0.05) is 30.3 Å². The first-order valence-electron chi connectivity index (χ1n) is 10.2. The zero-order chi connectivity index (χ0) is 21.5. The minimum atomic E-state index is 0.496. The molecule has 1 aliphatic heterocycles. The quantitative estimate of drug-likeness (QED) is 0.302. The fourth-order valence-corrected chi connectivity index (χ4v) is 4.19. The van der Waals surface area contributed by atoms with E-state index in [2.05, 4.69) is 50.7 Å². The van der Waals surface area contributed by atoms with Crippen LogP contribution in [0, 0.1) is 3.57 Å². The minimum absolute atomic E-state index is 0.496. The molecule has 31 heavy (non-hydrogen) atoms. The number of hydrogen-bond acceptors (Lipinski definition) is 5. The van der Waals surface area contributed by atoms with Gasteiger partial charge in [0.05, 0.1) is 29.6 Å². The van der Waals surface area contributed by atoms with Crippen molar-refractivity contribution in [2.24, 2.45) is 4.99 Å². The molecule has 0 aliphatic carbocycles. The highest BCUT2D eigenvalue weighted by molar-refractivity contribution is 14.1. The minimum Gasteiger partial charge on any atom is -0.493 e. The number of ether oxygens (including phenoxy) is 3. The predicted octanol–water partition coefficient (Wildman–Crippen LogP) is 5.47. The third-order valence-electron chi connectivity index (χ3n) is 5.07. The topological polar surface area (TPSA) is 43.3 Å². The van der Waals surface area contributed by atoms with Crippen LogP contribution in [0.15, 0.2) is 71.7 Å². The van der Waals surface area contributed by atoms with Gasteiger partial charge in [-0.05, 0) is 70.1 Å². The number of aliphatic imine (C=N–C) groups is 1. The van der Waals surface area contributed by atoms with Crippen molar-refractivity contribution in [2.75, 3.05) is 38.3 Å². The van der Waals surface area contributed by atoms with Crippen molar-refractivity contribution < 1.29 is 14.2 Å². The summed E-state index contributed by atoms with van der Waals surface area (Å²) >= 11 is 2.28. The Morgan fingerprint density at radius 2 is 1.77 bits per heavy atom. The molecule has 0 saturated carbocycles. The Labute approximate surface area is 196 Å². The van der Waals surface area contributed by atoms with E-state index >= 15 is 0 Å². The first-order valence-corrected chi connectivity index (χ1v) is 11.3. The average Bonchev–Trinajstić information content (AvgIpc) is 2.83. The van der Waals surface area contributed by atoms with Gasteiger partial charge in [-0.15, -0.1) is 0 Å². The van der Waals surface area contributed by atoms with Gasteiger partial charge in [-0.2, -0.15) is 0 Å². The van der Waals surface area contributed by atoms with Crippen LogP contribution in [-0.4, -0.2) is 39.6 Å². The molecule has 1 aliphatic rings. The van der Waals surface area contributed by atoms with Gasteiger partial charge >= 0.3 is 0 Å². The van der Waals surface area contributed by atoms with E-state index in [-0.39, 0.29) is 0 Å². The second kappa shape index (κ2) is 10.6. The van der Waals surface area contributed by atoms with E-state index in [1.165, 1.54) is 5.69 Å². The number of anilines is 1. The SMILES string of the molecule is COc1cc(C=Nc2ccc(N3CCOCC3)cc2)cc(I)c1OCc1ccccc1. The van der Waals surface area contributed by atoms with Crippen LogP contribution in [0.4, 0.5) is 11.4 Å². The van der Waals surface area contributed by atoms with E-state index in [0.29, 0.717) is 12.4 Å². The van der Waals surface area contributed by atoms with E-state index in [4.69, 9.17) is 14.2 Å². The van der Waals surface area contributed by atoms with Crippen LogP contribution < -0.4 is 14.4 Å². The lowest BCUT2D eigenvalue weighted by molar-refractivity contribution is 0.122.